The van der Waals surface area contributed by atoms with Gasteiger partial charge in [0.1, 0.15) is 18.1 Å². The molecule has 1 aromatic heterocycles. The molecule has 1 spiro atoms. The molecule has 184 valence electrons. The molecular weight excluding hydrogens is 460 g/mol. The molecule has 6 rings (SSSR count). The van der Waals surface area contributed by atoms with E-state index in [1.165, 1.54) is 6.42 Å². The zero-order valence-corrected chi connectivity index (χ0v) is 19.7. The summed E-state index contributed by atoms with van der Waals surface area (Å²) in [5, 5.41) is 14.4. The molecule has 3 aliphatic rings. The van der Waals surface area contributed by atoms with E-state index in [0.29, 0.717) is 30.0 Å². The number of benzene rings is 2. The van der Waals surface area contributed by atoms with Crippen molar-refractivity contribution < 1.29 is 19.1 Å². The number of imide groups is 1. The standard InChI is InChI=1S/C26H26N6O4/c33-22(16-32-24(34)26(28-25(32)35)12-14-36-20-10-4-3-9-19(20)26)27-18-8-6-7-17(15-18)23-30-29-21-11-2-1-5-13-31(21)23/h3-4,6-10,15H,1-2,5,11-14,16H2,(H,27,33)(H,28,35)/t26-/m1/s1. The Morgan fingerprint density at radius 1 is 1.08 bits per heavy atom. The van der Waals surface area contributed by atoms with Gasteiger partial charge < -0.3 is 19.9 Å². The second-order valence-corrected chi connectivity index (χ2v) is 9.35. The highest BCUT2D eigenvalue weighted by atomic mass is 16.5. The molecule has 0 bridgehead atoms. The minimum absolute atomic E-state index is 0.294. The van der Waals surface area contributed by atoms with Crippen molar-refractivity contribution in [2.45, 2.75) is 44.2 Å². The molecule has 3 aromatic rings. The van der Waals surface area contributed by atoms with E-state index in [9.17, 15) is 14.4 Å². The number of anilines is 1. The average Bonchev–Trinajstić information content (AvgIpc) is 3.27. The van der Waals surface area contributed by atoms with Gasteiger partial charge in [-0.15, -0.1) is 10.2 Å². The second kappa shape index (κ2) is 8.78. The van der Waals surface area contributed by atoms with Crippen molar-refractivity contribution in [1.29, 1.82) is 0 Å². The molecule has 0 unspecified atom stereocenters. The van der Waals surface area contributed by atoms with Crippen molar-refractivity contribution in [1.82, 2.24) is 25.0 Å². The number of ether oxygens (including phenoxy) is 1. The monoisotopic (exact) mass is 486 g/mol. The van der Waals surface area contributed by atoms with Crippen molar-refractivity contribution in [3.63, 3.8) is 0 Å². The van der Waals surface area contributed by atoms with E-state index in [4.69, 9.17) is 4.74 Å². The molecule has 36 heavy (non-hydrogen) atoms. The maximum atomic E-state index is 13.4. The van der Waals surface area contributed by atoms with E-state index in [1.54, 1.807) is 24.3 Å². The van der Waals surface area contributed by atoms with Gasteiger partial charge in [0.2, 0.25) is 5.91 Å². The van der Waals surface area contributed by atoms with Gasteiger partial charge in [-0.2, -0.15) is 0 Å². The van der Waals surface area contributed by atoms with Crippen LogP contribution in [0.2, 0.25) is 0 Å². The first-order valence-corrected chi connectivity index (χ1v) is 12.2. The van der Waals surface area contributed by atoms with Crippen molar-refractivity contribution in [3.8, 4) is 17.1 Å². The fourth-order valence-electron chi connectivity index (χ4n) is 5.29. The number of rotatable bonds is 4. The third-order valence-electron chi connectivity index (χ3n) is 7.07. The van der Waals surface area contributed by atoms with E-state index in [1.807, 2.05) is 24.3 Å². The summed E-state index contributed by atoms with van der Waals surface area (Å²) < 4.78 is 7.81. The van der Waals surface area contributed by atoms with Crippen LogP contribution in [0.5, 0.6) is 5.75 Å². The summed E-state index contributed by atoms with van der Waals surface area (Å²) in [6.07, 6.45) is 4.57. The highest BCUT2D eigenvalue weighted by Gasteiger charge is 2.55. The SMILES string of the molecule is O=C(CN1C(=O)N[C@@]2(CCOc3ccccc32)C1=O)Nc1cccc(-c2nnc3n2CCCCC3)c1. The van der Waals surface area contributed by atoms with Gasteiger partial charge >= 0.3 is 6.03 Å². The first-order chi connectivity index (χ1) is 17.5. The van der Waals surface area contributed by atoms with E-state index >= 15 is 0 Å². The minimum atomic E-state index is -1.21. The van der Waals surface area contributed by atoms with Crippen LogP contribution >= 0.6 is 0 Å². The summed E-state index contributed by atoms with van der Waals surface area (Å²) in [5.41, 5.74) is 0.804. The van der Waals surface area contributed by atoms with E-state index < -0.39 is 23.4 Å². The van der Waals surface area contributed by atoms with Gasteiger partial charge in [0.05, 0.1) is 6.61 Å². The molecule has 1 fully saturated rings. The summed E-state index contributed by atoms with van der Waals surface area (Å²) in [6.45, 7) is 0.776. The number of aromatic nitrogens is 3. The lowest BCUT2D eigenvalue weighted by Gasteiger charge is -2.33. The van der Waals surface area contributed by atoms with E-state index in [0.717, 1.165) is 47.9 Å². The Labute approximate surface area is 207 Å². The molecule has 4 amide bonds. The number of carbonyl (C=O) groups excluding carboxylic acids is 3. The fraction of sp³-hybridized carbons (Fsp3) is 0.346. The van der Waals surface area contributed by atoms with Gasteiger partial charge in [-0.05, 0) is 31.0 Å². The Hall–Kier alpha value is -4.21. The average molecular weight is 487 g/mol. The third kappa shape index (κ3) is 3.69. The van der Waals surface area contributed by atoms with Gasteiger partial charge in [0, 0.05) is 36.2 Å². The summed E-state index contributed by atoms with van der Waals surface area (Å²) in [5.74, 6) is 1.41. The molecule has 0 aliphatic carbocycles. The second-order valence-electron chi connectivity index (χ2n) is 9.35. The van der Waals surface area contributed by atoms with Crippen molar-refractivity contribution in [2.75, 3.05) is 18.5 Å². The summed E-state index contributed by atoms with van der Waals surface area (Å²) in [7, 11) is 0. The van der Waals surface area contributed by atoms with E-state index in [2.05, 4.69) is 25.4 Å². The molecule has 1 saturated heterocycles. The molecule has 10 heteroatoms. The van der Waals surface area contributed by atoms with Crippen molar-refractivity contribution in [3.05, 3.63) is 59.9 Å². The Bertz CT molecular complexity index is 1370. The van der Waals surface area contributed by atoms with Crippen LogP contribution in [-0.2, 0) is 28.1 Å². The molecule has 4 heterocycles. The van der Waals surface area contributed by atoms with Crippen LogP contribution in [0.3, 0.4) is 0 Å². The van der Waals surface area contributed by atoms with Crippen LogP contribution in [-0.4, -0.2) is 50.7 Å². The molecular formula is C26H26N6O4. The maximum absolute atomic E-state index is 13.4. The highest BCUT2D eigenvalue weighted by Crippen LogP contribution is 2.40. The molecule has 0 saturated carbocycles. The number of nitrogens with one attached hydrogen (secondary N) is 2. The van der Waals surface area contributed by atoms with Gasteiger partial charge in [-0.3, -0.25) is 14.5 Å². The third-order valence-corrected chi connectivity index (χ3v) is 7.07. The van der Waals surface area contributed by atoms with Gasteiger partial charge in [-0.25, -0.2) is 4.79 Å². The van der Waals surface area contributed by atoms with Crippen LogP contribution in [0.25, 0.3) is 11.4 Å². The summed E-state index contributed by atoms with van der Waals surface area (Å²) in [6, 6.07) is 13.9. The van der Waals surface area contributed by atoms with Gasteiger partial charge in [0.15, 0.2) is 11.4 Å². The number of amides is 4. The topological polar surface area (TPSA) is 118 Å². The van der Waals surface area contributed by atoms with Crippen molar-refractivity contribution >= 4 is 23.5 Å². The van der Waals surface area contributed by atoms with Crippen molar-refractivity contribution in [2.24, 2.45) is 0 Å². The quantitative estimate of drug-likeness (QED) is 0.548. The predicted molar refractivity (Wildman–Crippen MR) is 130 cm³/mol. The summed E-state index contributed by atoms with van der Waals surface area (Å²) >= 11 is 0. The fourth-order valence-corrected chi connectivity index (χ4v) is 5.29. The number of fused-ring (bicyclic) bond motifs is 3. The zero-order chi connectivity index (χ0) is 24.7. The van der Waals surface area contributed by atoms with Crippen LogP contribution in [0.15, 0.2) is 48.5 Å². The number of carbonyl (C=O) groups is 3. The van der Waals surface area contributed by atoms with Gasteiger partial charge in [-0.1, -0.05) is 36.8 Å². The number of urea groups is 1. The Kier molecular flexibility index (Phi) is 5.43. The number of nitrogens with zero attached hydrogens (tertiary/aromatic N) is 4. The van der Waals surface area contributed by atoms with E-state index in [-0.39, 0.29) is 6.54 Å². The molecule has 3 aliphatic heterocycles. The Balaban J connectivity index is 1.19. The molecule has 2 N–H and O–H groups in total. The molecule has 1 atom stereocenters. The Morgan fingerprint density at radius 3 is 2.89 bits per heavy atom. The number of hydrogen-bond acceptors (Lipinski definition) is 6. The maximum Gasteiger partial charge on any atom is 0.325 e. The van der Waals surface area contributed by atoms with Crippen LogP contribution in [0.4, 0.5) is 10.5 Å². The number of para-hydroxylation sites is 1. The number of hydrogen-bond donors (Lipinski definition) is 2. The largest absolute Gasteiger partial charge is 0.493 e. The normalized spacial score (nSPS) is 20.8. The number of aryl methyl sites for hydroxylation is 1. The van der Waals surface area contributed by atoms with Crippen LogP contribution in [0, 0.1) is 0 Å². The lowest BCUT2D eigenvalue weighted by atomic mass is 9.84. The van der Waals surface area contributed by atoms with Gasteiger partial charge in [0.25, 0.3) is 5.91 Å². The summed E-state index contributed by atoms with van der Waals surface area (Å²) in [4.78, 5) is 40.1. The van der Waals surface area contributed by atoms with Crippen LogP contribution < -0.4 is 15.4 Å². The zero-order valence-electron chi connectivity index (χ0n) is 19.7. The van der Waals surface area contributed by atoms with Crippen LogP contribution in [0.1, 0.15) is 37.1 Å². The lowest BCUT2D eigenvalue weighted by molar-refractivity contribution is -0.135. The smallest absolute Gasteiger partial charge is 0.325 e. The molecule has 2 aromatic carbocycles. The lowest BCUT2D eigenvalue weighted by Crippen LogP contribution is -2.48. The highest BCUT2D eigenvalue weighted by molar-refractivity contribution is 6.10. The predicted octanol–water partition coefficient (Wildman–Crippen LogP) is 2.84. The minimum Gasteiger partial charge on any atom is -0.493 e. The first kappa shape index (κ1) is 22.3. The first-order valence-electron chi connectivity index (χ1n) is 12.2. The Morgan fingerprint density at radius 2 is 1.97 bits per heavy atom. The molecule has 0 radical (unpaired) electrons. The molecule has 10 nitrogen and oxygen atoms in total.